The van der Waals surface area contributed by atoms with Crippen molar-refractivity contribution in [3.05, 3.63) is 124 Å². The summed E-state index contributed by atoms with van der Waals surface area (Å²) in [4.78, 5) is 65.8. The number of halogens is 2. The van der Waals surface area contributed by atoms with E-state index in [0.29, 0.717) is 12.2 Å². The van der Waals surface area contributed by atoms with Crippen molar-refractivity contribution in [3.63, 3.8) is 0 Å². The predicted molar refractivity (Wildman–Crippen MR) is 277 cm³/mol. The number of phenols is 2. The number of hydrogen-bond donors (Lipinski definition) is 12. The van der Waals surface area contributed by atoms with Crippen LogP contribution in [0.1, 0.15) is 31.8 Å². The van der Waals surface area contributed by atoms with E-state index in [1.807, 2.05) is 0 Å². The number of rotatable bonds is 14. The van der Waals surface area contributed by atoms with Gasteiger partial charge in [0, 0.05) is 41.0 Å². The largest absolute Gasteiger partial charge is 1.00 e. The van der Waals surface area contributed by atoms with Gasteiger partial charge < -0.3 is 32.3 Å². The van der Waals surface area contributed by atoms with Crippen molar-refractivity contribution in [2.24, 2.45) is 10.2 Å². The summed E-state index contributed by atoms with van der Waals surface area (Å²) in [5.74, 6) is -5.12. The Hall–Kier alpha value is -0.832. The van der Waals surface area contributed by atoms with Crippen LogP contribution in [-0.4, -0.2) is 125 Å². The van der Waals surface area contributed by atoms with E-state index in [-0.39, 0.29) is 297 Å². The number of nitrogens with zero attached hydrogens (tertiary/aromatic N) is 10. The molecule has 2 aliphatic rings. The summed E-state index contributed by atoms with van der Waals surface area (Å²) in [7, 11) is -20.3. The quantitative estimate of drug-likeness (QED) is 0.0158. The second-order valence-corrected chi connectivity index (χ2v) is 21.6. The molecular weight excluding hydrogens is 1450 g/mol. The molecule has 86 heavy (non-hydrogen) atoms. The molecule has 14 N–H and O–H groups in total. The van der Waals surface area contributed by atoms with Gasteiger partial charge in [-0.2, -0.15) is 73.8 Å². The number of nitrogens with two attached hydrogens (primary N) is 2. The van der Waals surface area contributed by atoms with Crippen LogP contribution in [-0.2, 0) is 57.3 Å². The number of Topliss-reactive ketones (excluding diaryl/α,β-unsaturated/α-hetero) is 2. The predicted octanol–water partition coefficient (Wildman–Crippen LogP) is -11.8. The molecule has 6 aromatic rings. The van der Waals surface area contributed by atoms with Crippen molar-refractivity contribution in [3.8, 4) is 11.5 Å². The summed E-state index contributed by atoms with van der Waals surface area (Å²) >= 11 is 11.5. The summed E-state index contributed by atoms with van der Waals surface area (Å²) in [5.41, 5.74) is 9.00. The van der Waals surface area contributed by atoms with Gasteiger partial charge in [-0.1, -0.05) is 0 Å². The maximum absolute atomic E-state index is 13.5. The molecule has 4 aromatic carbocycles. The molecule has 425 valence electrons. The number of hydrogen-bond acceptors (Lipinski definition) is 30. The number of nitro groups is 2. The average molecular weight is 1480 g/mol. The summed E-state index contributed by atoms with van der Waals surface area (Å²) < 4.78 is 135. The number of benzene rings is 4. The van der Waals surface area contributed by atoms with E-state index in [2.05, 4.69) is 61.6 Å². The second-order valence-electron chi connectivity index (χ2n) is 15.3. The zero-order valence-corrected chi connectivity index (χ0v) is 65.1. The van der Waals surface area contributed by atoms with Crippen molar-refractivity contribution in [1.29, 1.82) is 0 Å². The van der Waals surface area contributed by atoms with Crippen LogP contribution in [0.4, 0.5) is 57.9 Å². The van der Waals surface area contributed by atoms with Gasteiger partial charge in [0.2, 0.25) is 45.9 Å². The minimum Gasteiger partial charge on any atom is -0.506 e. The van der Waals surface area contributed by atoms with Gasteiger partial charge >= 0.3 is 257 Å². The van der Waals surface area contributed by atoms with Crippen molar-refractivity contribution < 1.29 is 355 Å². The maximum Gasteiger partial charge on any atom is 1.00 e. The fourth-order valence-corrected chi connectivity index (χ4v) is 9.49. The molecule has 48 heteroatoms. The third-order valence-corrected chi connectivity index (χ3v) is 13.8. The van der Waals surface area contributed by atoms with Gasteiger partial charge in [-0.05, 0) is 82.9 Å². The van der Waals surface area contributed by atoms with Gasteiger partial charge in [-0.15, -0.1) is 0 Å². The SMILES string of the molecule is Nc1nc(Cl)nc(Nc2cc(S(=O)(=O)O)cc3c2C(=O)/C(=N/Nc2cc([N+](=O)[O-])ccc2O)C(S(=O)(=O)O)=C3)n1.Nc1nc(Cl)nc(Nc2cc(S(=O)(=O)O)cc3c2C(=O)/C(=N/Nc2cc([N+](=O)[O-])ccc2O)C(S(=O)(=O)O)=C3)n1.[Co].[K+].[K+].[K+].[K+].[K+]. The smallest absolute Gasteiger partial charge is 0.506 e. The minimum atomic E-state index is -5.22. The molecule has 1 radical (unpaired) electrons. The van der Waals surface area contributed by atoms with Crippen LogP contribution >= 0.6 is 23.2 Å². The summed E-state index contributed by atoms with van der Waals surface area (Å²) in [5, 5.41) is 53.6. The van der Waals surface area contributed by atoms with Gasteiger partial charge in [-0.25, -0.2) is 0 Å². The fraction of sp³-hybridized carbons (Fsp3) is 0. The molecule has 0 unspecified atom stereocenters. The number of ketones is 2. The van der Waals surface area contributed by atoms with E-state index < -0.39 is 171 Å². The topological polar surface area (TPSA) is 581 Å². The van der Waals surface area contributed by atoms with Crippen molar-refractivity contribution in [1.82, 2.24) is 29.9 Å². The second kappa shape index (κ2) is 33.8. The number of nitrogens with one attached hydrogen (secondary N) is 4. The van der Waals surface area contributed by atoms with Crippen LogP contribution in [0.2, 0.25) is 10.6 Å². The first-order chi connectivity index (χ1) is 37.1. The third-order valence-electron chi connectivity index (χ3n) is 10.1. The van der Waals surface area contributed by atoms with E-state index in [1.54, 1.807) is 0 Å². The summed E-state index contributed by atoms with van der Waals surface area (Å²) in [6, 6.07) is 8.50. The number of anilines is 8. The Bertz CT molecular complexity index is 4060. The molecule has 36 nitrogen and oxygen atoms in total. The normalized spacial score (nSPS) is 13.4. The summed E-state index contributed by atoms with van der Waals surface area (Å²) in [6.45, 7) is 0. The van der Waals surface area contributed by atoms with E-state index in [4.69, 9.17) is 34.7 Å². The summed E-state index contributed by atoms with van der Waals surface area (Å²) in [6.07, 6.45) is 1.35. The Balaban J connectivity index is 0.000000804. The van der Waals surface area contributed by atoms with E-state index in [9.17, 15) is 91.9 Å². The van der Waals surface area contributed by atoms with Crippen molar-refractivity contribution in [2.45, 2.75) is 9.79 Å². The Morgan fingerprint density at radius 1 is 0.500 bits per heavy atom. The Morgan fingerprint density at radius 2 is 0.826 bits per heavy atom. The number of nitrogen functional groups attached to an aromatic ring is 2. The van der Waals surface area contributed by atoms with Gasteiger partial charge in [-0.3, -0.25) is 58.9 Å². The van der Waals surface area contributed by atoms with Gasteiger partial charge in [0.15, 0.2) is 11.4 Å². The van der Waals surface area contributed by atoms with Crippen LogP contribution in [0.5, 0.6) is 11.5 Å². The number of aromatic nitrogens is 6. The monoisotopic (exact) mass is 1480 g/mol. The van der Waals surface area contributed by atoms with Crippen molar-refractivity contribution in [2.75, 3.05) is 33.0 Å². The molecule has 0 aliphatic heterocycles. The van der Waals surface area contributed by atoms with Crippen LogP contribution in [0.3, 0.4) is 0 Å². The number of hydrazone groups is 2. The average Bonchev–Trinajstić information content (AvgIpc) is 3.51. The molecule has 2 aliphatic carbocycles. The van der Waals surface area contributed by atoms with Crippen LogP contribution in [0, 0.1) is 20.2 Å². The maximum atomic E-state index is 13.5. The molecule has 0 spiro atoms. The molecule has 8 rings (SSSR count). The Kier molecular flexibility index (Phi) is 32.7. The van der Waals surface area contributed by atoms with E-state index in [1.165, 1.54) is 0 Å². The molecule has 2 aromatic heterocycles. The molecule has 0 fully saturated rings. The van der Waals surface area contributed by atoms with Crippen molar-refractivity contribution >= 4 is 157 Å². The fourth-order valence-electron chi connectivity index (χ4n) is 6.76. The van der Waals surface area contributed by atoms with Crippen LogP contribution in [0.15, 0.2) is 90.5 Å². The molecule has 2 heterocycles. The van der Waals surface area contributed by atoms with Crippen LogP contribution in [0.25, 0.3) is 12.2 Å². The first-order valence-electron chi connectivity index (χ1n) is 20.4. The number of aromatic hydroxyl groups is 2. The number of nitro benzene ring substituents is 2. The van der Waals surface area contributed by atoms with Gasteiger partial charge in [0.05, 0.1) is 42.1 Å². The number of phenolic OH excluding ortho intramolecular Hbond substituents is 2. The molecule has 0 amide bonds. The third kappa shape index (κ3) is 21.1. The standard InChI is InChI=1S/2C19H13ClN8O10S2.Co.5K/c2*20-17-23-18(21)25-19(24-17)22-11-6-9(39(33,34)35)3-7-4-13(40(36,37)38)15(16(30)14(7)11)27-26-10-5-8(28(31)32)1-2-12(10)29;;;;;;/h2*1-6,26,29H,(H,33,34,35)(H,36,37,38)(H3,21,22,23,24,25);;;;;;/q;;;5*+1/b2*27-15+;;;;;;. The van der Waals surface area contributed by atoms with Gasteiger partial charge in [0.25, 0.3) is 51.8 Å². The first-order valence-corrected chi connectivity index (χ1v) is 26.9. The Labute approximate surface area is 714 Å². The van der Waals surface area contributed by atoms with E-state index in [0.717, 1.165) is 60.7 Å². The molecule has 0 bridgehead atoms. The molecular formula is C38H26Cl2CoK5N16O20S4+5. The number of fused-ring (bicyclic) bond motifs is 2. The molecule has 0 saturated carbocycles. The first kappa shape index (κ1) is 83.2. The van der Waals surface area contributed by atoms with E-state index >= 15 is 0 Å². The Morgan fingerprint density at radius 3 is 1.10 bits per heavy atom. The number of carbonyl (C=O) groups is 2. The van der Waals surface area contributed by atoms with Crippen LogP contribution < -0.4 is 290 Å². The number of allylic oxidation sites excluding steroid dienone is 2. The zero-order chi connectivity index (χ0) is 59.1. The number of carbonyl (C=O) groups excluding carboxylic acids is 2. The molecule has 0 saturated heterocycles. The zero-order valence-electron chi connectivity index (χ0n) is 43.7. The van der Waals surface area contributed by atoms with Gasteiger partial charge in [0.1, 0.15) is 32.7 Å². The number of non-ortho nitro benzene ring substituents is 2. The minimum absolute atomic E-state index is 0. The molecule has 0 atom stereocenters.